The van der Waals surface area contributed by atoms with E-state index in [2.05, 4.69) is 176 Å². The highest BCUT2D eigenvalue weighted by atomic mass is 14.9. The first kappa shape index (κ1) is 27.9. The number of nitrogens with zero attached hydrogens (tertiary/aromatic N) is 2. The maximum Gasteiger partial charge on any atom is 0.160 e. The molecule has 0 amide bonds. The lowest BCUT2D eigenvalue weighted by Gasteiger charge is -2.17. The van der Waals surface area contributed by atoms with Crippen LogP contribution in [0.5, 0.6) is 0 Å². The Labute approximate surface area is 279 Å². The Morgan fingerprint density at radius 3 is 1.65 bits per heavy atom. The van der Waals surface area contributed by atoms with E-state index in [1.54, 1.807) is 0 Å². The molecule has 9 rings (SSSR count). The Morgan fingerprint density at radius 2 is 0.896 bits per heavy atom. The SMILES string of the molecule is c1ccc(-c2ccc(-c3cc(-c4c5ccccc5cc5c4ccc4ccccc45)nc(-c4ccccc4)n3)c(-c3ccccc3)c2)cc1. The number of hydrogen-bond acceptors (Lipinski definition) is 2. The van der Waals surface area contributed by atoms with Gasteiger partial charge in [0.05, 0.1) is 11.4 Å². The lowest BCUT2D eigenvalue weighted by Crippen LogP contribution is -1.98. The summed E-state index contributed by atoms with van der Waals surface area (Å²) in [5.41, 5.74) is 9.60. The molecular weight excluding hydrogens is 581 g/mol. The van der Waals surface area contributed by atoms with E-state index in [9.17, 15) is 0 Å². The lowest BCUT2D eigenvalue weighted by molar-refractivity contribution is 1.19. The number of hydrogen-bond donors (Lipinski definition) is 0. The number of benzene rings is 8. The minimum Gasteiger partial charge on any atom is -0.228 e. The van der Waals surface area contributed by atoms with Crippen molar-refractivity contribution in [3.05, 3.63) is 182 Å². The van der Waals surface area contributed by atoms with Crippen LogP contribution in [0.3, 0.4) is 0 Å². The van der Waals surface area contributed by atoms with Gasteiger partial charge in [0.25, 0.3) is 0 Å². The van der Waals surface area contributed by atoms with Crippen molar-refractivity contribution in [2.45, 2.75) is 0 Å². The summed E-state index contributed by atoms with van der Waals surface area (Å²) in [5, 5.41) is 7.23. The van der Waals surface area contributed by atoms with E-state index >= 15 is 0 Å². The number of aromatic nitrogens is 2. The summed E-state index contributed by atoms with van der Waals surface area (Å²) in [6.45, 7) is 0. The van der Waals surface area contributed by atoms with Crippen LogP contribution in [0.2, 0.25) is 0 Å². The van der Waals surface area contributed by atoms with Crippen molar-refractivity contribution in [3.8, 4) is 56.2 Å². The second-order valence-corrected chi connectivity index (χ2v) is 12.2. The molecule has 1 aromatic heterocycles. The minimum atomic E-state index is 0.705. The molecule has 224 valence electrons. The fourth-order valence-corrected chi connectivity index (χ4v) is 6.96. The maximum atomic E-state index is 5.34. The average molecular weight is 611 g/mol. The van der Waals surface area contributed by atoms with Crippen LogP contribution in [0, 0.1) is 0 Å². The number of fused-ring (bicyclic) bond motifs is 4. The fraction of sp³-hybridized carbons (Fsp3) is 0. The fourth-order valence-electron chi connectivity index (χ4n) is 6.96. The van der Waals surface area contributed by atoms with E-state index in [1.807, 2.05) is 6.07 Å². The van der Waals surface area contributed by atoms with Crippen LogP contribution in [-0.2, 0) is 0 Å². The Morgan fingerprint density at radius 1 is 0.292 bits per heavy atom. The van der Waals surface area contributed by atoms with Gasteiger partial charge in [0.2, 0.25) is 0 Å². The van der Waals surface area contributed by atoms with Gasteiger partial charge < -0.3 is 0 Å². The largest absolute Gasteiger partial charge is 0.228 e. The van der Waals surface area contributed by atoms with Crippen LogP contribution in [0.1, 0.15) is 0 Å². The molecule has 0 aliphatic carbocycles. The molecule has 0 fully saturated rings. The second kappa shape index (κ2) is 11.8. The summed E-state index contributed by atoms with van der Waals surface area (Å²) in [4.78, 5) is 10.6. The molecule has 0 aliphatic heterocycles. The highest BCUT2D eigenvalue weighted by Gasteiger charge is 2.19. The van der Waals surface area contributed by atoms with Gasteiger partial charge in [0, 0.05) is 16.7 Å². The van der Waals surface area contributed by atoms with Gasteiger partial charge in [-0.25, -0.2) is 9.97 Å². The predicted molar refractivity (Wildman–Crippen MR) is 202 cm³/mol. The summed E-state index contributed by atoms with van der Waals surface area (Å²) in [6, 6.07) is 64.5. The third-order valence-corrected chi connectivity index (χ3v) is 9.27. The van der Waals surface area contributed by atoms with Crippen LogP contribution >= 0.6 is 0 Å². The van der Waals surface area contributed by atoms with Crippen LogP contribution in [0.15, 0.2) is 182 Å². The molecule has 9 aromatic rings. The summed E-state index contributed by atoms with van der Waals surface area (Å²) in [6.07, 6.45) is 0. The van der Waals surface area contributed by atoms with Gasteiger partial charge in [-0.3, -0.25) is 0 Å². The van der Waals surface area contributed by atoms with Crippen molar-refractivity contribution in [2.75, 3.05) is 0 Å². The molecule has 0 N–H and O–H groups in total. The Bertz CT molecular complexity index is 2590. The quantitative estimate of drug-likeness (QED) is 0.143. The van der Waals surface area contributed by atoms with E-state index in [-0.39, 0.29) is 0 Å². The van der Waals surface area contributed by atoms with Crippen LogP contribution in [-0.4, -0.2) is 9.97 Å². The third kappa shape index (κ3) is 4.92. The lowest BCUT2D eigenvalue weighted by atomic mass is 9.90. The standard InChI is InChI=1S/C46H30N2/c1-4-14-31(15-5-1)35-25-26-39(41(28-35)32-16-6-2-7-17-32)43-30-44(48-46(47-43)34-19-8-3-9-20-34)45-38-23-13-11-21-36(38)29-42-37-22-12-10-18-33(37)24-27-40(42)45/h1-30H. The highest BCUT2D eigenvalue weighted by molar-refractivity contribution is 6.19. The molecule has 0 saturated heterocycles. The smallest absolute Gasteiger partial charge is 0.160 e. The van der Waals surface area contributed by atoms with Crippen LogP contribution in [0.25, 0.3) is 88.5 Å². The monoisotopic (exact) mass is 610 g/mol. The molecule has 2 heteroatoms. The Balaban J connectivity index is 1.36. The van der Waals surface area contributed by atoms with E-state index in [0.717, 1.165) is 39.2 Å². The first-order chi connectivity index (χ1) is 23.8. The molecule has 8 aromatic carbocycles. The van der Waals surface area contributed by atoms with Gasteiger partial charge in [-0.05, 0) is 72.8 Å². The van der Waals surface area contributed by atoms with E-state index in [0.29, 0.717) is 5.82 Å². The van der Waals surface area contributed by atoms with E-state index in [4.69, 9.17) is 9.97 Å². The molecule has 1 heterocycles. The topological polar surface area (TPSA) is 25.8 Å². The second-order valence-electron chi connectivity index (χ2n) is 12.2. The summed E-state index contributed by atoms with van der Waals surface area (Å²) in [7, 11) is 0. The van der Waals surface area contributed by atoms with Crippen LogP contribution < -0.4 is 0 Å². The molecule has 0 radical (unpaired) electrons. The van der Waals surface area contributed by atoms with E-state index in [1.165, 1.54) is 43.4 Å². The summed E-state index contributed by atoms with van der Waals surface area (Å²) >= 11 is 0. The number of rotatable bonds is 5. The predicted octanol–water partition coefficient (Wildman–Crippen LogP) is 12.3. The molecular formula is C46H30N2. The van der Waals surface area contributed by atoms with Gasteiger partial charge in [0.15, 0.2) is 5.82 Å². The molecule has 0 spiro atoms. The van der Waals surface area contributed by atoms with Crippen LogP contribution in [0.4, 0.5) is 0 Å². The zero-order chi connectivity index (χ0) is 31.9. The van der Waals surface area contributed by atoms with Gasteiger partial charge in [0.1, 0.15) is 0 Å². The maximum absolute atomic E-state index is 5.34. The van der Waals surface area contributed by atoms with Crippen molar-refractivity contribution in [1.29, 1.82) is 0 Å². The third-order valence-electron chi connectivity index (χ3n) is 9.27. The van der Waals surface area contributed by atoms with Crippen molar-refractivity contribution >= 4 is 32.3 Å². The summed E-state index contributed by atoms with van der Waals surface area (Å²) in [5.74, 6) is 0.705. The molecule has 0 aliphatic rings. The molecule has 48 heavy (non-hydrogen) atoms. The molecule has 0 unspecified atom stereocenters. The zero-order valence-corrected chi connectivity index (χ0v) is 26.2. The molecule has 0 saturated carbocycles. The minimum absolute atomic E-state index is 0.705. The average Bonchev–Trinajstić information content (AvgIpc) is 3.17. The van der Waals surface area contributed by atoms with Gasteiger partial charge >= 0.3 is 0 Å². The first-order valence-electron chi connectivity index (χ1n) is 16.3. The Kier molecular flexibility index (Phi) is 6.84. The summed E-state index contributed by atoms with van der Waals surface area (Å²) < 4.78 is 0. The molecule has 0 bridgehead atoms. The molecule has 2 nitrogen and oxygen atoms in total. The normalized spacial score (nSPS) is 11.3. The molecule has 0 atom stereocenters. The zero-order valence-electron chi connectivity index (χ0n) is 26.2. The Hall–Kier alpha value is -6.38. The van der Waals surface area contributed by atoms with Gasteiger partial charge in [-0.2, -0.15) is 0 Å². The van der Waals surface area contributed by atoms with Gasteiger partial charge in [-0.1, -0.05) is 164 Å². The van der Waals surface area contributed by atoms with Crippen molar-refractivity contribution < 1.29 is 0 Å². The van der Waals surface area contributed by atoms with E-state index < -0.39 is 0 Å². The van der Waals surface area contributed by atoms with Crippen molar-refractivity contribution in [3.63, 3.8) is 0 Å². The van der Waals surface area contributed by atoms with Crippen molar-refractivity contribution in [1.82, 2.24) is 9.97 Å². The highest BCUT2D eigenvalue weighted by Crippen LogP contribution is 2.42. The van der Waals surface area contributed by atoms with Gasteiger partial charge in [-0.15, -0.1) is 0 Å². The first-order valence-corrected chi connectivity index (χ1v) is 16.3. The van der Waals surface area contributed by atoms with Crippen molar-refractivity contribution in [2.24, 2.45) is 0 Å².